The number of aromatic nitrogens is 3. The van der Waals surface area contributed by atoms with Gasteiger partial charge in [-0.2, -0.15) is 0 Å². The highest BCUT2D eigenvalue weighted by molar-refractivity contribution is 9.10. The first-order chi connectivity index (χ1) is 9.65. The molecule has 0 N–H and O–H groups in total. The molecule has 4 nitrogen and oxygen atoms in total. The second-order valence-corrected chi connectivity index (χ2v) is 5.63. The SMILES string of the molecule is O=c1c2ccc(Br)cc2ncn1Cc1ccncc1Cl. The Morgan fingerprint density at radius 2 is 2.15 bits per heavy atom. The molecule has 0 saturated carbocycles. The van der Waals surface area contributed by atoms with Crippen molar-refractivity contribution in [2.45, 2.75) is 6.54 Å². The van der Waals surface area contributed by atoms with E-state index in [9.17, 15) is 4.79 Å². The van der Waals surface area contributed by atoms with Gasteiger partial charge in [0.05, 0.1) is 28.8 Å². The first-order valence-corrected chi connectivity index (χ1v) is 7.05. The monoisotopic (exact) mass is 349 g/mol. The van der Waals surface area contributed by atoms with Crippen molar-refractivity contribution >= 4 is 38.4 Å². The van der Waals surface area contributed by atoms with Crippen LogP contribution < -0.4 is 5.56 Å². The minimum Gasteiger partial charge on any atom is -0.294 e. The second kappa shape index (κ2) is 5.34. The van der Waals surface area contributed by atoms with E-state index in [1.54, 1.807) is 24.5 Å². The Morgan fingerprint density at radius 1 is 1.30 bits per heavy atom. The average molecular weight is 351 g/mol. The van der Waals surface area contributed by atoms with Gasteiger partial charge in [-0.15, -0.1) is 0 Å². The van der Waals surface area contributed by atoms with Crippen molar-refractivity contribution in [3.8, 4) is 0 Å². The van der Waals surface area contributed by atoms with Crippen LogP contribution in [-0.2, 0) is 6.54 Å². The van der Waals surface area contributed by atoms with Gasteiger partial charge in [0.25, 0.3) is 5.56 Å². The van der Waals surface area contributed by atoms with Crippen LogP contribution in [0, 0.1) is 0 Å². The lowest BCUT2D eigenvalue weighted by molar-refractivity contribution is 0.747. The first kappa shape index (κ1) is 13.3. The van der Waals surface area contributed by atoms with Crippen molar-refractivity contribution in [1.82, 2.24) is 14.5 Å². The van der Waals surface area contributed by atoms with Gasteiger partial charge >= 0.3 is 0 Å². The molecule has 0 unspecified atom stereocenters. The zero-order chi connectivity index (χ0) is 14.1. The summed E-state index contributed by atoms with van der Waals surface area (Å²) in [5.74, 6) is 0. The third kappa shape index (κ3) is 2.46. The van der Waals surface area contributed by atoms with Gasteiger partial charge in [0, 0.05) is 16.9 Å². The van der Waals surface area contributed by atoms with Gasteiger partial charge < -0.3 is 0 Å². The molecule has 3 aromatic rings. The number of fused-ring (bicyclic) bond motifs is 1. The molecule has 2 heterocycles. The summed E-state index contributed by atoms with van der Waals surface area (Å²) in [7, 11) is 0. The van der Waals surface area contributed by atoms with Gasteiger partial charge in [-0.1, -0.05) is 27.5 Å². The van der Waals surface area contributed by atoms with Gasteiger partial charge in [-0.3, -0.25) is 14.3 Å². The van der Waals surface area contributed by atoms with E-state index in [0.29, 0.717) is 22.5 Å². The number of hydrogen-bond donors (Lipinski definition) is 0. The fourth-order valence-corrected chi connectivity index (χ4v) is 2.49. The molecule has 2 aromatic heterocycles. The molecule has 20 heavy (non-hydrogen) atoms. The number of hydrogen-bond acceptors (Lipinski definition) is 3. The lowest BCUT2D eigenvalue weighted by Gasteiger charge is -2.08. The lowest BCUT2D eigenvalue weighted by Crippen LogP contribution is -2.21. The molecule has 0 saturated heterocycles. The summed E-state index contributed by atoms with van der Waals surface area (Å²) < 4.78 is 2.43. The fourth-order valence-electron chi connectivity index (χ4n) is 1.96. The average Bonchev–Trinajstić information content (AvgIpc) is 2.44. The van der Waals surface area contributed by atoms with E-state index in [1.165, 1.54) is 10.9 Å². The lowest BCUT2D eigenvalue weighted by atomic mass is 10.2. The predicted molar refractivity (Wildman–Crippen MR) is 82.1 cm³/mol. The molecule has 0 atom stereocenters. The van der Waals surface area contributed by atoms with Gasteiger partial charge in [0.1, 0.15) is 0 Å². The van der Waals surface area contributed by atoms with Crippen molar-refractivity contribution < 1.29 is 0 Å². The molecule has 0 radical (unpaired) electrons. The van der Waals surface area contributed by atoms with Crippen molar-refractivity contribution in [2.24, 2.45) is 0 Å². The van der Waals surface area contributed by atoms with Crippen molar-refractivity contribution in [3.05, 3.63) is 68.4 Å². The van der Waals surface area contributed by atoms with E-state index in [1.807, 2.05) is 12.1 Å². The number of benzene rings is 1. The van der Waals surface area contributed by atoms with Crippen LogP contribution in [0.1, 0.15) is 5.56 Å². The zero-order valence-electron chi connectivity index (χ0n) is 10.3. The van der Waals surface area contributed by atoms with Crippen LogP contribution in [0.25, 0.3) is 10.9 Å². The van der Waals surface area contributed by atoms with Gasteiger partial charge in [-0.05, 0) is 29.8 Å². The fraction of sp³-hybridized carbons (Fsp3) is 0.0714. The molecular weight excluding hydrogens is 342 g/mol. The van der Waals surface area contributed by atoms with E-state index in [0.717, 1.165) is 10.0 Å². The molecule has 1 aromatic carbocycles. The summed E-state index contributed by atoms with van der Waals surface area (Å²) in [5, 5.41) is 1.12. The molecule has 0 bridgehead atoms. The van der Waals surface area contributed by atoms with Crippen molar-refractivity contribution in [2.75, 3.05) is 0 Å². The Balaban J connectivity index is 2.09. The smallest absolute Gasteiger partial charge is 0.261 e. The molecule has 6 heteroatoms. The third-order valence-electron chi connectivity index (χ3n) is 2.98. The van der Waals surface area contributed by atoms with Gasteiger partial charge in [-0.25, -0.2) is 4.98 Å². The predicted octanol–water partition coefficient (Wildman–Crippen LogP) is 3.26. The summed E-state index contributed by atoms with van der Waals surface area (Å²) in [6, 6.07) is 7.20. The summed E-state index contributed by atoms with van der Waals surface area (Å²) in [4.78, 5) is 20.6. The second-order valence-electron chi connectivity index (χ2n) is 4.31. The van der Waals surface area contributed by atoms with Crippen LogP contribution in [0.5, 0.6) is 0 Å². The maximum Gasteiger partial charge on any atom is 0.261 e. The van der Waals surface area contributed by atoms with Crippen LogP contribution in [0.15, 0.2) is 52.3 Å². The summed E-state index contributed by atoms with van der Waals surface area (Å²) in [6.45, 7) is 0.374. The molecule has 3 rings (SSSR count). The Labute approximate surface area is 128 Å². The molecule has 100 valence electrons. The highest BCUT2D eigenvalue weighted by atomic mass is 79.9. The van der Waals surface area contributed by atoms with E-state index < -0.39 is 0 Å². The Kier molecular flexibility index (Phi) is 3.54. The van der Waals surface area contributed by atoms with Crippen LogP contribution in [0.4, 0.5) is 0 Å². The Morgan fingerprint density at radius 3 is 2.95 bits per heavy atom. The number of nitrogens with zero attached hydrogens (tertiary/aromatic N) is 3. The topological polar surface area (TPSA) is 47.8 Å². The summed E-state index contributed by atoms with van der Waals surface area (Å²) in [6.07, 6.45) is 4.75. The summed E-state index contributed by atoms with van der Waals surface area (Å²) in [5.41, 5.74) is 1.42. The largest absolute Gasteiger partial charge is 0.294 e. The van der Waals surface area contributed by atoms with Gasteiger partial charge in [0.15, 0.2) is 0 Å². The molecule has 0 aliphatic heterocycles. The molecule has 0 aliphatic rings. The van der Waals surface area contributed by atoms with Crippen LogP contribution in [0.2, 0.25) is 5.02 Å². The van der Waals surface area contributed by atoms with Crippen molar-refractivity contribution in [1.29, 1.82) is 0 Å². The number of pyridine rings is 1. The number of rotatable bonds is 2. The molecule has 0 aliphatic carbocycles. The molecule has 0 fully saturated rings. The van der Waals surface area contributed by atoms with Crippen LogP contribution in [-0.4, -0.2) is 14.5 Å². The van der Waals surface area contributed by atoms with E-state index in [-0.39, 0.29) is 5.56 Å². The quantitative estimate of drug-likeness (QED) is 0.713. The van der Waals surface area contributed by atoms with Crippen LogP contribution >= 0.6 is 27.5 Å². The standard InChI is InChI=1S/C14H9BrClN3O/c15-10-1-2-11-13(5-10)18-8-19(14(11)20)7-9-3-4-17-6-12(9)16/h1-6,8H,7H2. The Bertz CT molecular complexity index is 847. The zero-order valence-corrected chi connectivity index (χ0v) is 12.6. The molecular formula is C14H9BrClN3O. The van der Waals surface area contributed by atoms with E-state index in [2.05, 4.69) is 25.9 Å². The van der Waals surface area contributed by atoms with E-state index >= 15 is 0 Å². The van der Waals surface area contributed by atoms with Gasteiger partial charge in [0.2, 0.25) is 0 Å². The number of halogens is 2. The Hall–Kier alpha value is -1.72. The normalized spacial score (nSPS) is 10.9. The molecule has 0 amide bonds. The minimum atomic E-state index is -0.0876. The molecule has 0 spiro atoms. The van der Waals surface area contributed by atoms with Crippen LogP contribution in [0.3, 0.4) is 0 Å². The third-order valence-corrected chi connectivity index (χ3v) is 3.82. The van der Waals surface area contributed by atoms with E-state index in [4.69, 9.17) is 11.6 Å². The maximum atomic E-state index is 12.4. The maximum absolute atomic E-state index is 12.4. The first-order valence-electron chi connectivity index (χ1n) is 5.88. The summed E-state index contributed by atoms with van der Waals surface area (Å²) >= 11 is 9.43. The van der Waals surface area contributed by atoms with Crippen molar-refractivity contribution in [3.63, 3.8) is 0 Å². The minimum absolute atomic E-state index is 0.0876. The highest BCUT2D eigenvalue weighted by Crippen LogP contribution is 2.16. The highest BCUT2D eigenvalue weighted by Gasteiger charge is 2.07.